The Balaban J connectivity index is 2.56. The van der Waals surface area contributed by atoms with Gasteiger partial charge < -0.3 is 9.64 Å². The van der Waals surface area contributed by atoms with Gasteiger partial charge in [-0.05, 0) is 30.5 Å². The molecule has 0 atom stereocenters. The van der Waals surface area contributed by atoms with Crippen LogP contribution in [0.4, 0.5) is 10.1 Å². The molecule has 0 fully saturated rings. The van der Waals surface area contributed by atoms with Crippen LogP contribution in [0.25, 0.3) is 0 Å². The molecule has 0 bridgehead atoms. The van der Waals surface area contributed by atoms with Crippen LogP contribution < -0.4 is 4.90 Å². The number of ether oxygens (including phenoxy) is 1. The summed E-state index contributed by atoms with van der Waals surface area (Å²) >= 11 is 0. The lowest BCUT2D eigenvalue weighted by Gasteiger charge is -2.23. The molecule has 0 aromatic heterocycles. The largest absolute Gasteiger partial charge is 0.374 e. The minimum absolute atomic E-state index is 0.180. The lowest BCUT2D eigenvalue weighted by molar-refractivity contribution is 0.106. The van der Waals surface area contributed by atoms with Crippen LogP contribution in [0.1, 0.15) is 32.3 Å². The molecular weight excluding hydrogens is 229 g/mol. The summed E-state index contributed by atoms with van der Waals surface area (Å²) in [4.78, 5) is 2.40. The zero-order chi connectivity index (χ0) is 13.2. The fourth-order valence-electron chi connectivity index (χ4n) is 1.96. The molecule has 2 nitrogen and oxygen atoms in total. The van der Waals surface area contributed by atoms with E-state index in [-0.39, 0.29) is 6.61 Å². The average Bonchev–Trinajstić information content (AvgIpc) is 2.40. The van der Waals surface area contributed by atoms with E-state index in [4.69, 9.17) is 4.74 Å². The highest BCUT2D eigenvalue weighted by atomic mass is 19.1. The van der Waals surface area contributed by atoms with Crippen molar-refractivity contribution in [1.29, 1.82) is 0 Å². The summed E-state index contributed by atoms with van der Waals surface area (Å²) in [5.41, 5.74) is 2.35. The Kier molecular flexibility index (Phi) is 7.42. The monoisotopic (exact) mass is 253 g/mol. The second-order valence-electron chi connectivity index (χ2n) is 4.40. The van der Waals surface area contributed by atoms with Gasteiger partial charge in [0.05, 0.1) is 13.2 Å². The lowest BCUT2D eigenvalue weighted by Crippen LogP contribution is -2.24. The third-order valence-electron chi connectivity index (χ3n) is 2.78. The summed E-state index contributed by atoms with van der Waals surface area (Å²) < 4.78 is 17.1. The van der Waals surface area contributed by atoms with Crippen molar-refractivity contribution in [2.75, 3.05) is 31.3 Å². The normalized spacial score (nSPS) is 10.6. The summed E-state index contributed by atoms with van der Waals surface area (Å²) in [6.07, 6.45) is 2.31. The predicted molar refractivity (Wildman–Crippen MR) is 74.9 cm³/mol. The molecular formula is C15H24FNO. The molecule has 0 unspecified atom stereocenters. The number of alkyl halides is 1. The molecule has 0 aliphatic heterocycles. The predicted octanol–water partition coefficient (Wildman–Crippen LogP) is 3.80. The van der Waals surface area contributed by atoms with E-state index in [9.17, 15) is 4.39 Å². The topological polar surface area (TPSA) is 12.5 Å². The van der Waals surface area contributed by atoms with Crippen LogP contribution in [0.5, 0.6) is 0 Å². The zero-order valence-electron chi connectivity index (χ0n) is 11.5. The number of hydrogen-bond acceptors (Lipinski definition) is 2. The smallest absolute Gasteiger partial charge is 0.113 e. The van der Waals surface area contributed by atoms with Gasteiger partial charge in [0.1, 0.15) is 6.67 Å². The van der Waals surface area contributed by atoms with Crippen LogP contribution in [0, 0.1) is 0 Å². The van der Waals surface area contributed by atoms with Gasteiger partial charge in [-0.1, -0.05) is 26.0 Å². The Bertz CT molecular complexity index is 307. The van der Waals surface area contributed by atoms with Crippen LogP contribution in [-0.2, 0) is 11.3 Å². The SMILES string of the molecule is CCCN(CCC)c1ccc(COCCF)cc1. The first-order valence-corrected chi connectivity index (χ1v) is 6.79. The van der Waals surface area contributed by atoms with Crippen molar-refractivity contribution in [2.45, 2.75) is 33.3 Å². The number of rotatable bonds is 9. The summed E-state index contributed by atoms with van der Waals surface area (Å²) in [5, 5.41) is 0. The minimum Gasteiger partial charge on any atom is -0.374 e. The van der Waals surface area contributed by atoms with E-state index in [2.05, 4.69) is 43.0 Å². The molecule has 0 amide bonds. The van der Waals surface area contributed by atoms with Crippen molar-refractivity contribution >= 4 is 5.69 Å². The number of benzene rings is 1. The number of anilines is 1. The molecule has 1 rings (SSSR count). The number of hydrogen-bond donors (Lipinski definition) is 0. The summed E-state index contributed by atoms with van der Waals surface area (Å²) in [6.45, 7) is 6.82. The highest BCUT2D eigenvalue weighted by Gasteiger charge is 2.04. The van der Waals surface area contributed by atoms with E-state index in [0.29, 0.717) is 6.61 Å². The Labute approximate surface area is 110 Å². The van der Waals surface area contributed by atoms with E-state index in [0.717, 1.165) is 31.5 Å². The fourth-order valence-corrected chi connectivity index (χ4v) is 1.96. The van der Waals surface area contributed by atoms with E-state index < -0.39 is 6.67 Å². The molecule has 0 spiro atoms. The molecule has 0 aliphatic rings. The van der Waals surface area contributed by atoms with Gasteiger partial charge >= 0.3 is 0 Å². The average molecular weight is 253 g/mol. The van der Waals surface area contributed by atoms with Gasteiger partial charge in [-0.25, -0.2) is 4.39 Å². The van der Waals surface area contributed by atoms with Crippen molar-refractivity contribution in [3.63, 3.8) is 0 Å². The minimum atomic E-state index is -0.418. The quantitative estimate of drug-likeness (QED) is 0.621. The van der Waals surface area contributed by atoms with Gasteiger partial charge in [-0.15, -0.1) is 0 Å². The second kappa shape index (κ2) is 8.92. The molecule has 0 heterocycles. The Morgan fingerprint density at radius 1 is 1.06 bits per heavy atom. The molecule has 18 heavy (non-hydrogen) atoms. The first-order chi connectivity index (χ1) is 8.81. The first kappa shape index (κ1) is 15.0. The number of halogens is 1. The maximum atomic E-state index is 11.9. The van der Waals surface area contributed by atoms with Gasteiger partial charge in [0, 0.05) is 18.8 Å². The standard InChI is InChI=1S/C15H24FNO/c1-3-10-17(11-4-2)15-7-5-14(6-8-15)13-18-12-9-16/h5-8H,3-4,9-13H2,1-2H3. The van der Waals surface area contributed by atoms with E-state index in [1.165, 1.54) is 5.69 Å². The first-order valence-electron chi connectivity index (χ1n) is 6.79. The van der Waals surface area contributed by atoms with Crippen LogP contribution >= 0.6 is 0 Å². The Morgan fingerprint density at radius 2 is 1.67 bits per heavy atom. The van der Waals surface area contributed by atoms with Gasteiger partial charge in [0.25, 0.3) is 0 Å². The number of nitrogens with zero attached hydrogens (tertiary/aromatic N) is 1. The molecule has 0 saturated carbocycles. The van der Waals surface area contributed by atoms with Crippen molar-refractivity contribution in [3.8, 4) is 0 Å². The van der Waals surface area contributed by atoms with Crippen molar-refractivity contribution < 1.29 is 9.13 Å². The highest BCUT2D eigenvalue weighted by Crippen LogP contribution is 2.16. The third kappa shape index (κ3) is 5.05. The van der Waals surface area contributed by atoms with Gasteiger partial charge in [0.15, 0.2) is 0 Å². The highest BCUT2D eigenvalue weighted by molar-refractivity contribution is 5.47. The van der Waals surface area contributed by atoms with Crippen LogP contribution in [-0.4, -0.2) is 26.4 Å². The van der Waals surface area contributed by atoms with Gasteiger partial charge in [-0.3, -0.25) is 0 Å². The molecule has 3 heteroatoms. The maximum Gasteiger partial charge on any atom is 0.113 e. The molecule has 102 valence electrons. The molecule has 0 aliphatic carbocycles. The molecule has 0 radical (unpaired) electrons. The Morgan fingerprint density at radius 3 is 2.17 bits per heavy atom. The van der Waals surface area contributed by atoms with Crippen LogP contribution in [0.15, 0.2) is 24.3 Å². The summed E-state index contributed by atoms with van der Waals surface area (Å²) in [7, 11) is 0. The van der Waals surface area contributed by atoms with Gasteiger partial charge in [0.2, 0.25) is 0 Å². The van der Waals surface area contributed by atoms with E-state index >= 15 is 0 Å². The zero-order valence-corrected chi connectivity index (χ0v) is 11.5. The fraction of sp³-hybridized carbons (Fsp3) is 0.600. The van der Waals surface area contributed by atoms with Gasteiger partial charge in [-0.2, -0.15) is 0 Å². The van der Waals surface area contributed by atoms with Crippen LogP contribution in [0.3, 0.4) is 0 Å². The molecule has 0 saturated heterocycles. The van der Waals surface area contributed by atoms with Crippen molar-refractivity contribution in [2.24, 2.45) is 0 Å². The van der Waals surface area contributed by atoms with Crippen molar-refractivity contribution in [3.05, 3.63) is 29.8 Å². The van der Waals surface area contributed by atoms with E-state index in [1.807, 2.05) is 0 Å². The molecule has 1 aromatic carbocycles. The van der Waals surface area contributed by atoms with Crippen LogP contribution in [0.2, 0.25) is 0 Å². The molecule has 1 aromatic rings. The summed E-state index contributed by atoms with van der Waals surface area (Å²) in [6, 6.07) is 8.37. The summed E-state index contributed by atoms with van der Waals surface area (Å²) in [5.74, 6) is 0. The lowest BCUT2D eigenvalue weighted by atomic mass is 10.2. The maximum absolute atomic E-state index is 11.9. The third-order valence-corrected chi connectivity index (χ3v) is 2.78. The van der Waals surface area contributed by atoms with E-state index in [1.54, 1.807) is 0 Å². The van der Waals surface area contributed by atoms with Crippen molar-refractivity contribution in [1.82, 2.24) is 0 Å². The second-order valence-corrected chi connectivity index (χ2v) is 4.40. The molecule has 0 N–H and O–H groups in total. The Hall–Kier alpha value is -1.09.